The van der Waals surface area contributed by atoms with Crippen LogP contribution in [-0.4, -0.2) is 15.9 Å². The van der Waals surface area contributed by atoms with E-state index in [2.05, 4.69) is 15.3 Å². The smallest absolute Gasteiger partial charge is 0.261 e. The van der Waals surface area contributed by atoms with E-state index in [0.29, 0.717) is 11.1 Å². The molecule has 3 aromatic rings. The molecule has 1 N–H and O–H groups in total. The molecular formula is C13H8ClN3O2. The lowest BCUT2D eigenvalue weighted by Gasteiger charge is -2.01. The van der Waals surface area contributed by atoms with E-state index in [1.807, 2.05) is 18.2 Å². The lowest BCUT2D eigenvalue weighted by atomic mass is 10.2. The number of carbonyl (C=O) groups excluding carboxylic acids is 1. The van der Waals surface area contributed by atoms with Crippen molar-refractivity contribution in [2.75, 3.05) is 5.32 Å². The average Bonchev–Trinajstić information content (AvgIpc) is 2.82. The summed E-state index contributed by atoms with van der Waals surface area (Å²) in [5.41, 5.74) is 1.08. The zero-order valence-electron chi connectivity index (χ0n) is 9.63. The van der Waals surface area contributed by atoms with Crippen LogP contribution < -0.4 is 5.32 Å². The summed E-state index contributed by atoms with van der Waals surface area (Å²) in [7, 11) is 0. The Bertz CT molecular complexity index is 754. The number of hydrogen-bond donors (Lipinski definition) is 1. The van der Waals surface area contributed by atoms with Crippen LogP contribution in [0.25, 0.3) is 11.0 Å². The summed E-state index contributed by atoms with van der Waals surface area (Å²) in [5, 5.41) is 3.58. The average molecular weight is 274 g/mol. The highest BCUT2D eigenvalue weighted by atomic mass is 35.5. The topological polar surface area (TPSA) is 68.0 Å². The molecule has 0 bridgehead atoms. The first-order valence-electron chi connectivity index (χ1n) is 5.50. The first-order valence-corrected chi connectivity index (χ1v) is 5.88. The standard InChI is InChI=1S/C13H8ClN3O2/c14-11-5-6-15-13(16-11)17-12(18)9-7-19-10-4-2-1-3-8(9)10/h1-7H,(H,15,16,17,18). The molecule has 1 amide bonds. The van der Waals surface area contributed by atoms with Gasteiger partial charge in [0.05, 0.1) is 5.56 Å². The summed E-state index contributed by atoms with van der Waals surface area (Å²) >= 11 is 5.73. The first-order chi connectivity index (χ1) is 9.24. The molecule has 0 fully saturated rings. The van der Waals surface area contributed by atoms with Gasteiger partial charge < -0.3 is 4.42 Å². The van der Waals surface area contributed by atoms with Gasteiger partial charge in [0.1, 0.15) is 17.0 Å². The minimum absolute atomic E-state index is 0.155. The van der Waals surface area contributed by atoms with Crippen molar-refractivity contribution < 1.29 is 9.21 Å². The Morgan fingerprint density at radius 3 is 2.95 bits per heavy atom. The number of fused-ring (bicyclic) bond motifs is 1. The molecule has 0 spiro atoms. The highest BCUT2D eigenvalue weighted by Gasteiger charge is 2.14. The Balaban J connectivity index is 1.92. The van der Waals surface area contributed by atoms with Gasteiger partial charge in [-0.3, -0.25) is 10.1 Å². The number of nitrogens with zero attached hydrogens (tertiary/aromatic N) is 2. The monoisotopic (exact) mass is 273 g/mol. The van der Waals surface area contributed by atoms with Crippen molar-refractivity contribution in [2.24, 2.45) is 0 Å². The Kier molecular flexibility index (Phi) is 2.89. The second-order valence-electron chi connectivity index (χ2n) is 3.80. The molecule has 5 nitrogen and oxygen atoms in total. The molecule has 6 heteroatoms. The number of nitrogens with one attached hydrogen (secondary N) is 1. The summed E-state index contributed by atoms with van der Waals surface area (Å²) in [4.78, 5) is 19.9. The van der Waals surface area contributed by atoms with Crippen molar-refractivity contribution in [1.82, 2.24) is 9.97 Å². The van der Waals surface area contributed by atoms with Gasteiger partial charge >= 0.3 is 0 Å². The van der Waals surface area contributed by atoms with Crippen LogP contribution in [0.2, 0.25) is 5.15 Å². The zero-order valence-corrected chi connectivity index (χ0v) is 10.4. The summed E-state index contributed by atoms with van der Waals surface area (Å²) in [5.74, 6) is -0.185. The van der Waals surface area contributed by atoms with Crippen molar-refractivity contribution in [2.45, 2.75) is 0 Å². The highest BCUT2D eigenvalue weighted by molar-refractivity contribution is 6.29. The lowest BCUT2D eigenvalue weighted by molar-refractivity contribution is 0.102. The summed E-state index contributed by atoms with van der Waals surface area (Å²) in [6.45, 7) is 0. The number of carbonyl (C=O) groups is 1. The normalized spacial score (nSPS) is 10.6. The second-order valence-corrected chi connectivity index (χ2v) is 4.19. The lowest BCUT2D eigenvalue weighted by Crippen LogP contribution is -2.13. The maximum atomic E-state index is 12.1. The van der Waals surface area contributed by atoms with E-state index in [1.54, 1.807) is 6.07 Å². The van der Waals surface area contributed by atoms with Crippen molar-refractivity contribution in [3.63, 3.8) is 0 Å². The van der Waals surface area contributed by atoms with E-state index in [4.69, 9.17) is 16.0 Å². The van der Waals surface area contributed by atoms with Gasteiger partial charge in [0.2, 0.25) is 5.95 Å². The number of amides is 1. The van der Waals surface area contributed by atoms with Crippen LogP contribution in [0.4, 0.5) is 5.95 Å². The van der Waals surface area contributed by atoms with Gasteiger partial charge in [0, 0.05) is 11.6 Å². The van der Waals surface area contributed by atoms with Crippen molar-refractivity contribution in [3.8, 4) is 0 Å². The Morgan fingerprint density at radius 1 is 1.26 bits per heavy atom. The van der Waals surface area contributed by atoms with Crippen molar-refractivity contribution in [3.05, 3.63) is 53.5 Å². The molecule has 0 radical (unpaired) electrons. The third kappa shape index (κ3) is 2.28. The third-order valence-electron chi connectivity index (χ3n) is 2.57. The molecule has 0 aliphatic heterocycles. The zero-order chi connectivity index (χ0) is 13.2. The number of halogens is 1. The largest absolute Gasteiger partial charge is 0.463 e. The van der Waals surface area contributed by atoms with Crippen LogP contribution >= 0.6 is 11.6 Å². The number of rotatable bonds is 2. The van der Waals surface area contributed by atoms with Gasteiger partial charge in [-0.05, 0) is 12.1 Å². The van der Waals surface area contributed by atoms with Gasteiger partial charge in [0.25, 0.3) is 5.91 Å². The van der Waals surface area contributed by atoms with Crippen LogP contribution in [0.15, 0.2) is 47.2 Å². The maximum absolute atomic E-state index is 12.1. The van der Waals surface area contributed by atoms with Crippen LogP contribution in [0.1, 0.15) is 10.4 Å². The first kappa shape index (κ1) is 11.7. The Labute approximate surface area is 113 Å². The van der Waals surface area contributed by atoms with E-state index in [-0.39, 0.29) is 17.0 Å². The maximum Gasteiger partial charge on any atom is 0.261 e. The minimum Gasteiger partial charge on any atom is -0.463 e. The molecule has 19 heavy (non-hydrogen) atoms. The van der Waals surface area contributed by atoms with Crippen molar-refractivity contribution >= 4 is 34.4 Å². The summed E-state index contributed by atoms with van der Waals surface area (Å²) in [6.07, 6.45) is 2.88. The summed E-state index contributed by atoms with van der Waals surface area (Å²) in [6, 6.07) is 8.82. The molecule has 0 unspecified atom stereocenters. The second kappa shape index (κ2) is 4.70. The molecule has 0 aliphatic rings. The third-order valence-corrected chi connectivity index (χ3v) is 2.78. The molecular weight excluding hydrogens is 266 g/mol. The van der Waals surface area contributed by atoms with Crippen LogP contribution in [0, 0.1) is 0 Å². The van der Waals surface area contributed by atoms with Gasteiger partial charge in [-0.25, -0.2) is 9.97 Å². The fraction of sp³-hybridized carbons (Fsp3) is 0. The number of hydrogen-bond acceptors (Lipinski definition) is 4. The van der Waals surface area contributed by atoms with E-state index < -0.39 is 0 Å². The number of anilines is 1. The predicted octanol–water partition coefficient (Wildman–Crippen LogP) is 3.13. The molecule has 94 valence electrons. The number of para-hydroxylation sites is 1. The molecule has 2 aromatic heterocycles. The quantitative estimate of drug-likeness (QED) is 0.728. The number of aromatic nitrogens is 2. The molecule has 0 atom stereocenters. The minimum atomic E-state index is -0.341. The molecule has 0 saturated carbocycles. The molecule has 0 saturated heterocycles. The van der Waals surface area contributed by atoms with Crippen LogP contribution in [0.5, 0.6) is 0 Å². The van der Waals surface area contributed by atoms with Crippen LogP contribution in [-0.2, 0) is 0 Å². The summed E-state index contributed by atoms with van der Waals surface area (Å²) < 4.78 is 5.30. The van der Waals surface area contributed by atoms with E-state index in [0.717, 1.165) is 5.39 Å². The fourth-order valence-electron chi connectivity index (χ4n) is 1.72. The van der Waals surface area contributed by atoms with Gasteiger partial charge in [-0.15, -0.1) is 0 Å². The van der Waals surface area contributed by atoms with Gasteiger partial charge in [-0.1, -0.05) is 29.8 Å². The van der Waals surface area contributed by atoms with Crippen LogP contribution in [0.3, 0.4) is 0 Å². The highest BCUT2D eigenvalue weighted by Crippen LogP contribution is 2.21. The SMILES string of the molecule is O=C(Nc1nccc(Cl)n1)c1coc2ccccc12. The molecule has 2 heterocycles. The van der Waals surface area contributed by atoms with Crippen molar-refractivity contribution in [1.29, 1.82) is 0 Å². The van der Waals surface area contributed by atoms with Gasteiger partial charge in [0.15, 0.2) is 0 Å². The predicted molar refractivity (Wildman–Crippen MR) is 71.2 cm³/mol. The molecule has 0 aliphatic carbocycles. The van der Waals surface area contributed by atoms with E-state index >= 15 is 0 Å². The number of furan rings is 1. The number of benzene rings is 1. The Hall–Kier alpha value is -2.40. The molecule has 3 rings (SSSR count). The fourth-order valence-corrected chi connectivity index (χ4v) is 1.86. The van der Waals surface area contributed by atoms with E-state index in [1.165, 1.54) is 18.5 Å². The van der Waals surface area contributed by atoms with Gasteiger partial charge in [-0.2, -0.15) is 0 Å². The molecule has 1 aromatic carbocycles. The Morgan fingerprint density at radius 2 is 2.11 bits per heavy atom. The van der Waals surface area contributed by atoms with E-state index in [9.17, 15) is 4.79 Å².